The molecule has 0 aliphatic heterocycles. The van der Waals surface area contributed by atoms with Crippen LogP contribution in [0.3, 0.4) is 0 Å². The van der Waals surface area contributed by atoms with E-state index in [1.165, 1.54) is 12.8 Å². The highest BCUT2D eigenvalue weighted by Crippen LogP contribution is 2.81. The van der Waals surface area contributed by atoms with Crippen LogP contribution in [0.5, 0.6) is 0 Å². The molecule has 4 saturated carbocycles. The van der Waals surface area contributed by atoms with Crippen molar-refractivity contribution in [3.8, 4) is 0 Å². The summed E-state index contributed by atoms with van der Waals surface area (Å²) in [5.41, 5.74) is 0.318. The van der Waals surface area contributed by atoms with Crippen LogP contribution >= 0.6 is 0 Å². The Morgan fingerprint density at radius 2 is 1.59 bits per heavy atom. The predicted octanol–water partition coefficient (Wildman–Crippen LogP) is 3.54. The van der Waals surface area contributed by atoms with Gasteiger partial charge in [-0.05, 0) is 63.2 Å². The number of rotatable bonds is 1. The van der Waals surface area contributed by atoms with E-state index in [1.807, 2.05) is 20.8 Å². The molecule has 4 aliphatic rings. The lowest BCUT2D eigenvalue weighted by Crippen LogP contribution is -2.37. The van der Waals surface area contributed by atoms with Gasteiger partial charge < -0.3 is 4.74 Å². The molecule has 0 aromatic rings. The Labute approximate surface area is 104 Å². The van der Waals surface area contributed by atoms with E-state index in [1.54, 1.807) is 0 Å². The molecule has 4 aliphatic carbocycles. The molecular weight excluding hydrogens is 212 g/mol. The van der Waals surface area contributed by atoms with Gasteiger partial charge >= 0.3 is 5.97 Å². The zero-order valence-corrected chi connectivity index (χ0v) is 11.7. The summed E-state index contributed by atoms with van der Waals surface area (Å²) in [7, 11) is 0. The molecule has 4 fully saturated rings. The molecule has 2 nitrogen and oxygen atoms in total. The summed E-state index contributed by atoms with van der Waals surface area (Å²) in [6.07, 6.45) is 4.61. The lowest BCUT2D eigenvalue weighted by atomic mass is 9.71. The molecule has 0 radical (unpaired) electrons. The third-order valence-corrected chi connectivity index (χ3v) is 5.85. The number of hydrogen-bond donors (Lipinski definition) is 0. The van der Waals surface area contributed by atoms with Gasteiger partial charge in [-0.2, -0.15) is 0 Å². The van der Waals surface area contributed by atoms with Gasteiger partial charge in [-0.1, -0.05) is 13.8 Å². The number of hydrogen-bond acceptors (Lipinski definition) is 2. The van der Waals surface area contributed by atoms with E-state index >= 15 is 0 Å². The average Bonchev–Trinajstić information content (AvgIpc) is 2.63. The second-order valence-corrected chi connectivity index (χ2v) is 8.24. The van der Waals surface area contributed by atoms with E-state index in [0.29, 0.717) is 16.7 Å². The molecule has 4 bridgehead atoms. The molecule has 0 amide bonds. The van der Waals surface area contributed by atoms with E-state index < -0.39 is 0 Å². The van der Waals surface area contributed by atoms with Crippen LogP contribution < -0.4 is 0 Å². The van der Waals surface area contributed by atoms with Crippen molar-refractivity contribution in [2.75, 3.05) is 0 Å². The first-order valence-electron chi connectivity index (χ1n) is 6.84. The van der Waals surface area contributed by atoms with Crippen LogP contribution in [0.25, 0.3) is 0 Å². The van der Waals surface area contributed by atoms with Crippen LogP contribution in [0.15, 0.2) is 0 Å². The zero-order chi connectivity index (χ0) is 12.7. The summed E-state index contributed by atoms with van der Waals surface area (Å²) < 4.78 is 5.69. The normalized spacial score (nSPS) is 51.2. The van der Waals surface area contributed by atoms with Crippen molar-refractivity contribution in [3.05, 3.63) is 0 Å². The molecule has 17 heavy (non-hydrogen) atoms. The Balaban J connectivity index is 1.90. The maximum Gasteiger partial charge on any atom is 0.312 e. The number of ether oxygens (including phenoxy) is 1. The highest BCUT2D eigenvalue weighted by atomic mass is 16.6. The maximum atomic E-state index is 12.5. The van der Waals surface area contributed by atoms with Crippen molar-refractivity contribution in [1.29, 1.82) is 0 Å². The smallest absolute Gasteiger partial charge is 0.312 e. The summed E-state index contributed by atoms with van der Waals surface area (Å²) in [5.74, 6) is 0.673. The van der Waals surface area contributed by atoms with E-state index in [2.05, 4.69) is 13.8 Å². The quantitative estimate of drug-likeness (QED) is 0.651. The molecule has 2 unspecified atom stereocenters. The van der Waals surface area contributed by atoms with E-state index in [4.69, 9.17) is 4.74 Å². The van der Waals surface area contributed by atoms with Crippen LogP contribution in [-0.2, 0) is 9.53 Å². The van der Waals surface area contributed by atoms with Crippen molar-refractivity contribution in [3.63, 3.8) is 0 Å². The third-order valence-electron chi connectivity index (χ3n) is 5.85. The fourth-order valence-electron chi connectivity index (χ4n) is 5.05. The predicted molar refractivity (Wildman–Crippen MR) is 66.5 cm³/mol. The van der Waals surface area contributed by atoms with Crippen LogP contribution in [-0.4, -0.2) is 11.6 Å². The SMILES string of the molecule is CC(C)(C)OC(=O)C12C[C@]3(C)CC1C[C@]3(C)C2. The zero-order valence-electron chi connectivity index (χ0n) is 11.7. The van der Waals surface area contributed by atoms with Gasteiger partial charge in [0.2, 0.25) is 0 Å². The van der Waals surface area contributed by atoms with Crippen LogP contribution in [0.2, 0.25) is 0 Å². The monoisotopic (exact) mass is 236 g/mol. The largest absolute Gasteiger partial charge is 0.460 e. The van der Waals surface area contributed by atoms with Gasteiger partial charge in [0.1, 0.15) is 5.60 Å². The van der Waals surface area contributed by atoms with E-state index in [9.17, 15) is 4.79 Å². The topological polar surface area (TPSA) is 26.3 Å². The fraction of sp³-hybridized carbons (Fsp3) is 0.933. The number of carbonyl (C=O) groups excluding carboxylic acids is 1. The minimum Gasteiger partial charge on any atom is -0.460 e. The van der Waals surface area contributed by atoms with E-state index in [-0.39, 0.29) is 17.0 Å². The van der Waals surface area contributed by atoms with Gasteiger partial charge in [-0.3, -0.25) is 4.79 Å². The Bertz CT molecular complexity index is 372. The minimum atomic E-state index is -0.349. The van der Waals surface area contributed by atoms with Crippen molar-refractivity contribution < 1.29 is 9.53 Å². The number of carbonyl (C=O) groups is 1. The Kier molecular flexibility index (Phi) is 1.85. The summed E-state index contributed by atoms with van der Waals surface area (Å²) in [6.45, 7) is 10.7. The van der Waals surface area contributed by atoms with Crippen LogP contribution in [0.4, 0.5) is 0 Å². The standard InChI is InChI=1S/C15H24O2/c1-12(2,3)17-11(16)15-8-13(4)6-10(15)7-14(13,5)9-15/h10H,6-9H2,1-5H3/t10?,13-,14+,15?. The molecule has 4 atom stereocenters. The molecule has 0 aromatic heterocycles. The summed E-state index contributed by atoms with van der Waals surface area (Å²) in [5, 5.41) is 0. The first-order chi connectivity index (χ1) is 7.60. The highest BCUT2D eigenvalue weighted by molar-refractivity contribution is 5.80. The number of esters is 1. The van der Waals surface area contributed by atoms with Crippen LogP contribution in [0.1, 0.15) is 60.3 Å². The molecule has 0 aromatic carbocycles. The minimum absolute atomic E-state index is 0.0833. The lowest BCUT2D eigenvalue weighted by molar-refractivity contribution is -0.168. The van der Waals surface area contributed by atoms with E-state index in [0.717, 1.165) is 12.8 Å². The molecule has 0 heterocycles. The highest BCUT2D eigenvalue weighted by Gasteiger charge is 2.77. The Hall–Kier alpha value is -0.530. The van der Waals surface area contributed by atoms with Gasteiger partial charge in [0.25, 0.3) is 0 Å². The van der Waals surface area contributed by atoms with Gasteiger partial charge in [0.05, 0.1) is 5.41 Å². The second kappa shape index (κ2) is 2.73. The summed E-state index contributed by atoms with van der Waals surface area (Å²) in [4.78, 5) is 12.5. The van der Waals surface area contributed by atoms with Gasteiger partial charge in [0.15, 0.2) is 0 Å². The van der Waals surface area contributed by atoms with Crippen LogP contribution in [0, 0.1) is 22.2 Å². The van der Waals surface area contributed by atoms with Crippen molar-refractivity contribution in [1.82, 2.24) is 0 Å². The van der Waals surface area contributed by atoms with Crippen molar-refractivity contribution in [2.24, 2.45) is 22.2 Å². The fourth-order valence-corrected chi connectivity index (χ4v) is 5.05. The van der Waals surface area contributed by atoms with Gasteiger partial charge in [0, 0.05) is 0 Å². The molecule has 0 spiro atoms. The lowest BCUT2D eigenvalue weighted by Gasteiger charge is -2.33. The molecule has 0 saturated heterocycles. The van der Waals surface area contributed by atoms with Crippen molar-refractivity contribution in [2.45, 2.75) is 65.9 Å². The maximum absolute atomic E-state index is 12.5. The molecular formula is C15H24O2. The Morgan fingerprint density at radius 1 is 1.12 bits per heavy atom. The first-order valence-corrected chi connectivity index (χ1v) is 6.84. The Morgan fingerprint density at radius 3 is 1.88 bits per heavy atom. The second-order valence-electron chi connectivity index (χ2n) is 8.24. The van der Waals surface area contributed by atoms with Crippen molar-refractivity contribution >= 4 is 5.97 Å². The summed E-state index contributed by atoms with van der Waals surface area (Å²) >= 11 is 0. The third kappa shape index (κ3) is 1.25. The molecule has 4 rings (SSSR count). The molecule has 2 heteroatoms. The van der Waals surface area contributed by atoms with Gasteiger partial charge in [-0.25, -0.2) is 0 Å². The molecule has 0 N–H and O–H groups in total. The summed E-state index contributed by atoms with van der Waals surface area (Å²) in [6, 6.07) is 0. The average molecular weight is 236 g/mol. The molecule has 96 valence electrons. The van der Waals surface area contributed by atoms with Gasteiger partial charge in [-0.15, -0.1) is 0 Å². The first kappa shape index (κ1) is 11.6.